The summed E-state index contributed by atoms with van der Waals surface area (Å²) in [7, 11) is -7.05. The topological polar surface area (TPSA) is 229 Å². The minimum Gasteiger partial charge on any atom is -0.489 e. The summed E-state index contributed by atoms with van der Waals surface area (Å²) in [6, 6.07) is 14.5. The maximum atomic E-state index is 11.9. The number of anilines is 2. The molecule has 0 saturated carbocycles. The number of azo groups is 1. The Morgan fingerprint density at radius 1 is 0.841 bits per heavy atom. The third kappa shape index (κ3) is 8.14. The van der Waals surface area contributed by atoms with Crippen molar-refractivity contribution in [1.82, 2.24) is 0 Å². The zero-order chi connectivity index (χ0) is 32.2. The van der Waals surface area contributed by atoms with Gasteiger partial charge in [-0.3, -0.25) is 4.79 Å². The van der Waals surface area contributed by atoms with E-state index in [4.69, 9.17) is 19.9 Å². The minimum atomic E-state index is -4.30. The van der Waals surface area contributed by atoms with Gasteiger partial charge in [0.1, 0.15) is 51.3 Å². The number of nitrogens with one attached hydrogen (secondary N) is 1. The molecule has 0 aliphatic rings. The van der Waals surface area contributed by atoms with Gasteiger partial charge in [-0.15, -0.1) is 10.2 Å². The Labute approximate surface area is 255 Å². The van der Waals surface area contributed by atoms with Crippen molar-refractivity contribution in [3.05, 3.63) is 66.2 Å². The molecule has 0 aliphatic heterocycles. The number of nitrogens with two attached hydrogens (primary N) is 1. The standard InChI is InChI=1S/C28H32N4O10S2/c1-16-4-6-19(7-5-16)42-27-13-21(44(37,38)39)11-18-10-20(43(34,35)36)12-25(28(18)27)32-31-24-15-26(41-9-8-40-3)22(29)14-23(24)30-17(2)33/h4-7,10-15,34-39H,8-9,29H2,1-3H3,(H,30,33). The molecule has 4 aromatic rings. The van der Waals surface area contributed by atoms with E-state index in [1.807, 2.05) is 6.92 Å². The number of hydrogen-bond acceptors (Lipinski definition) is 13. The van der Waals surface area contributed by atoms with E-state index in [2.05, 4.69) is 15.5 Å². The first-order valence-corrected chi connectivity index (χ1v) is 15.8. The fourth-order valence-electron chi connectivity index (χ4n) is 4.04. The highest BCUT2D eigenvalue weighted by Crippen LogP contribution is 2.52. The number of carbonyl (C=O) groups excluding carboxylic acids is 1. The molecule has 0 heterocycles. The smallest absolute Gasteiger partial charge is 0.221 e. The van der Waals surface area contributed by atoms with Crippen molar-refractivity contribution in [2.45, 2.75) is 23.6 Å². The van der Waals surface area contributed by atoms with Gasteiger partial charge in [0.15, 0.2) is 0 Å². The van der Waals surface area contributed by atoms with Crippen molar-refractivity contribution in [1.29, 1.82) is 0 Å². The summed E-state index contributed by atoms with van der Waals surface area (Å²) in [4.78, 5) is 11.2. The number of aryl methyl sites for hydroxylation is 1. The van der Waals surface area contributed by atoms with Crippen LogP contribution in [0.25, 0.3) is 10.8 Å². The first-order chi connectivity index (χ1) is 20.7. The van der Waals surface area contributed by atoms with Crippen LogP contribution in [0.4, 0.5) is 22.7 Å². The Morgan fingerprint density at radius 2 is 1.45 bits per heavy atom. The number of amides is 1. The highest BCUT2D eigenvalue weighted by Gasteiger charge is 2.24. The highest BCUT2D eigenvalue weighted by atomic mass is 32.3. The SMILES string of the molecule is COCCOc1cc(N=Nc2cc(S(O)(O)O)cc3cc(S(O)(O)O)cc(Oc4ccc(C)cc4)c23)c(NC(C)=O)cc1N. The molecule has 0 radical (unpaired) electrons. The Kier molecular flexibility index (Phi) is 9.99. The van der Waals surface area contributed by atoms with Crippen LogP contribution < -0.4 is 20.5 Å². The van der Waals surface area contributed by atoms with Gasteiger partial charge >= 0.3 is 0 Å². The second kappa shape index (κ2) is 13.3. The Bertz CT molecular complexity index is 1700. The molecule has 236 valence electrons. The lowest BCUT2D eigenvalue weighted by Crippen LogP contribution is -2.08. The van der Waals surface area contributed by atoms with Crippen LogP contribution in [0.5, 0.6) is 17.2 Å². The molecule has 0 spiro atoms. The third-order valence-electron chi connectivity index (χ3n) is 6.07. The first kappa shape index (κ1) is 32.9. The molecule has 1 amide bonds. The molecule has 44 heavy (non-hydrogen) atoms. The van der Waals surface area contributed by atoms with Gasteiger partial charge in [0.2, 0.25) is 5.91 Å². The van der Waals surface area contributed by atoms with Gasteiger partial charge in [-0.05, 0) is 48.7 Å². The molecule has 0 saturated heterocycles. The molecule has 0 fully saturated rings. The maximum Gasteiger partial charge on any atom is 0.221 e. The lowest BCUT2D eigenvalue weighted by molar-refractivity contribution is -0.114. The maximum absolute atomic E-state index is 11.9. The monoisotopic (exact) mass is 648 g/mol. The normalized spacial score (nSPS) is 12.8. The summed E-state index contributed by atoms with van der Waals surface area (Å²) >= 11 is 0. The molecule has 0 atom stereocenters. The zero-order valence-corrected chi connectivity index (χ0v) is 25.4. The van der Waals surface area contributed by atoms with Crippen molar-refractivity contribution in [3.63, 3.8) is 0 Å². The van der Waals surface area contributed by atoms with Crippen molar-refractivity contribution in [3.8, 4) is 17.2 Å². The summed E-state index contributed by atoms with van der Waals surface area (Å²) in [6.07, 6.45) is 0. The average molecular weight is 649 g/mol. The number of ether oxygens (including phenoxy) is 3. The van der Waals surface area contributed by atoms with E-state index in [0.29, 0.717) is 5.75 Å². The number of rotatable bonds is 11. The molecular formula is C28H32N4O10S2. The molecular weight excluding hydrogens is 616 g/mol. The van der Waals surface area contributed by atoms with E-state index < -0.39 is 27.6 Å². The van der Waals surface area contributed by atoms with Crippen LogP contribution in [0.15, 0.2) is 80.7 Å². The van der Waals surface area contributed by atoms with Crippen LogP contribution in [0.2, 0.25) is 0 Å². The number of carbonyl (C=O) groups is 1. The average Bonchev–Trinajstić information content (AvgIpc) is 2.93. The van der Waals surface area contributed by atoms with Gasteiger partial charge in [-0.2, -0.15) is 0 Å². The van der Waals surface area contributed by atoms with E-state index in [1.165, 1.54) is 44.4 Å². The summed E-state index contributed by atoms with van der Waals surface area (Å²) in [5, 5.41) is 11.5. The van der Waals surface area contributed by atoms with E-state index >= 15 is 0 Å². The molecule has 14 nitrogen and oxygen atoms in total. The van der Waals surface area contributed by atoms with Crippen LogP contribution in [0.3, 0.4) is 0 Å². The summed E-state index contributed by atoms with van der Waals surface area (Å²) in [5.41, 5.74) is 7.51. The Balaban J connectivity index is 1.96. The molecule has 0 unspecified atom stereocenters. The number of methoxy groups -OCH3 is 1. The third-order valence-corrected chi connectivity index (χ3v) is 7.81. The highest BCUT2D eigenvalue weighted by molar-refractivity contribution is 8.19. The summed E-state index contributed by atoms with van der Waals surface area (Å²) in [6.45, 7) is 3.62. The van der Waals surface area contributed by atoms with Crippen LogP contribution >= 0.6 is 21.7 Å². The molecule has 16 heteroatoms. The fourth-order valence-corrected chi connectivity index (χ4v) is 5.14. The fraction of sp³-hybridized carbons (Fsp3) is 0.179. The van der Waals surface area contributed by atoms with Crippen LogP contribution in [-0.2, 0) is 9.53 Å². The predicted octanol–water partition coefficient (Wildman–Crippen LogP) is 8.09. The minimum absolute atomic E-state index is 0.00623. The Morgan fingerprint density at radius 3 is 2.05 bits per heavy atom. The van der Waals surface area contributed by atoms with E-state index in [-0.39, 0.29) is 68.0 Å². The van der Waals surface area contributed by atoms with Gasteiger partial charge in [-0.1, -0.05) is 17.7 Å². The van der Waals surface area contributed by atoms with Gasteiger partial charge in [0.05, 0.1) is 38.8 Å². The number of fused-ring (bicyclic) bond motifs is 1. The molecule has 0 aromatic heterocycles. The van der Waals surface area contributed by atoms with E-state index in [1.54, 1.807) is 24.3 Å². The molecule has 9 N–H and O–H groups in total. The summed E-state index contributed by atoms with van der Waals surface area (Å²) in [5.74, 6) is 0.161. The largest absolute Gasteiger partial charge is 0.489 e. The van der Waals surface area contributed by atoms with E-state index in [9.17, 15) is 32.1 Å². The van der Waals surface area contributed by atoms with Crippen LogP contribution in [-0.4, -0.2) is 53.5 Å². The number of nitrogens with zero attached hydrogens (tertiary/aromatic N) is 2. The quantitative estimate of drug-likeness (QED) is 0.0440. The predicted molar refractivity (Wildman–Crippen MR) is 169 cm³/mol. The van der Waals surface area contributed by atoms with Gasteiger partial charge in [0, 0.05) is 26.2 Å². The van der Waals surface area contributed by atoms with Crippen molar-refractivity contribution < 1.29 is 46.3 Å². The zero-order valence-electron chi connectivity index (χ0n) is 23.8. The van der Waals surface area contributed by atoms with Crippen molar-refractivity contribution in [2.75, 3.05) is 31.4 Å². The number of hydrogen-bond donors (Lipinski definition) is 8. The van der Waals surface area contributed by atoms with Gasteiger partial charge in [-0.25, -0.2) is 0 Å². The second-order valence-electron chi connectivity index (χ2n) is 9.54. The molecule has 4 aromatic carbocycles. The van der Waals surface area contributed by atoms with Gasteiger partial charge < -0.3 is 52.6 Å². The van der Waals surface area contributed by atoms with Gasteiger partial charge in [0.25, 0.3) is 0 Å². The van der Waals surface area contributed by atoms with Crippen molar-refractivity contribution >= 4 is 61.2 Å². The number of nitrogen functional groups attached to an aromatic ring is 1. The summed E-state index contributed by atoms with van der Waals surface area (Å²) < 4.78 is 77.1. The molecule has 0 bridgehead atoms. The number of benzene rings is 4. The lowest BCUT2D eigenvalue weighted by atomic mass is 10.1. The van der Waals surface area contributed by atoms with Crippen LogP contribution in [0, 0.1) is 6.92 Å². The lowest BCUT2D eigenvalue weighted by Gasteiger charge is -2.23. The van der Waals surface area contributed by atoms with Crippen molar-refractivity contribution in [2.24, 2.45) is 10.2 Å². The second-order valence-corrected chi connectivity index (χ2v) is 12.6. The molecule has 0 aliphatic carbocycles. The Hall–Kier alpha value is -3.97. The first-order valence-electron chi connectivity index (χ1n) is 12.8. The van der Waals surface area contributed by atoms with Crippen LogP contribution in [0.1, 0.15) is 12.5 Å². The molecule has 4 rings (SSSR count). The van der Waals surface area contributed by atoms with E-state index in [0.717, 1.165) is 11.6 Å².